The third kappa shape index (κ3) is 2.46. The Morgan fingerprint density at radius 3 is 2.72 bits per heavy atom. The van der Waals surface area contributed by atoms with Gasteiger partial charge in [-0.15, -0.1) is 0 Å². The first-order valence-corrected chi connectivity index (χ1v) is 6.69. The van der Waals surface area contributed by atoms with Crippen molar-refractivity contribution < 1.29 is 9.84 Å². The fourth-order valence-corrected chi connectivity index (χ4v) is 2.89. The molecule has 1 aromatic carbocycles. The van der Waals surface area contributed by atoms with Crippen molar-refractivity contribution in [3.63, 3.8) is 0 Å². The van der Waals surface area contributed by atoms with E-state index in [4.69, 9.17) is 4.74 Å². The van der Waals surface area contributed by atoms with Crippen LogP contribution in [0.15, 0.2) is 24.3 Å². The van der Waals surface area contributed by atoms with Crippen LogP contribution in [-0.2, 0) is 0 Å². The Balaban J connectivity index is 2.30. The number of para-hydroxylation sites is 2. The zero-order chi connectivity index (χ0) is 13.2. The minimum absolute atomic E-state index is 0.0700. The molecule has 1 atom stereocenters. The Morgan fingerprint density at radius 2 is 2.11 bits per heavy atom. The maximum absolute atomic E-state index is 9.38. The first kappa shape index (κ1) is 13.2. The van der Waals surface area contributed by atoms with Crippen molar-refractivity contribution in [2.75, 3.05) is 24.7 Å². The molecule has 18 heavy (non-hydrogen) atoms. The monoisotopic (exact) mass is 249 g/mol. The molecule has 0 spiro atoms. The highest BCUT2D eigenvalue weighted by Gasteiger charge is 2.39. The van der Waals surface area contributed by atoms with Gasteiger partial charge in [0.1, 0.15) is 5.75 Å². The van der Waals surface area contributed by atoms with Crippen molar-refractivity contribution in [2.24, 2.45) is 5.92 Å². The van der Waals surface area contributed by atoms with Gasteiger partial charge in [-0.25, -0.2) is 0 Å². The number of hydrogen-bond acceptors (Lipinski definition) is 3. The van der Waals surface area contributed by atoms with Crippen LogP contribution in [0.1, 0.15) is 27.2 Å². The van der Waals surface area contributed by atoms with Gasteiger partial charge in [0.05, 0.1) is 12.3 Å². The van der Waals surface area contributed by atoms with Gasteiger partial charge in [-0.1, -0.05) is 12.1 Å². The number of nitrogens with zero attached hydrogens (tertiary/aromatic N) is 1. The van der Waals surface area contributed by atoms with Crippen molar-refractivity contribution in [1.29, 1.82) is 0 Å². The van der Waals surface area contributed by atoms with Gasteiger partial charge in [-0.3, -0.25) is 0 Å². The zero-order valence-corrected chi connectivity index (χ0v) is 11.5. The SMILES string of the molecule is CCOc1ccccc1N1CC(CO)CC1(C)C. The molecule has 1 heterocycles. The van der Waals surface area contributed by atoms with E-state index < -0.39 is 0 Å². The van der Waals surface area contributed by atoms with E-state index in [1.807, 2.05) is 25.1 Å². The molecular weight excluding hydrogens is 226 g/mol. The summed E-state index contributed by atoms with van der Waals surface area (Å²) in [7, 11) is 0. The van der Waals surface area contributed by atoms with Crippen LogP contribution in [0.2, 0.25) is 0 Å². The molecule has 1 aromatic rings. The van der Waals surface area contributed by atoms with Crippen LogP contribution in [0.5, 0.6) is 5.75 Å². The number of aliphatic hydroxyl groups is 1. The Hall–Kier alpha value is -1.22. The molecule has 1 aliphatic heterocycles. The highest BCUT2D eigenvalue weighted by Crippen LogP contribution is 2.40. The Kier molecular flexibility index (Phi) is 3.81. The molecule has 3 nitrogen and oxygen atoms in total. The minimum Gasteiger partial charge on any atom is -0.492 e. The molecule has 1 unspecified atom stereocenters. The normalized spacial score (nSPS) is 22.2. The lowest BCUT2D eigenvalue weighted by Crippen LogP contribution is -2.38. The van der Waals surface area contributed by atoms with Gasteiger partial charge in [-0.2, -0.15) is 0 Å². The Bertz CT molecular complexity index is 403. The molecule has 0 amide bonds. The molecule has 0 aromatic heterocycles. The van der Waals surface area contributed by atoms with Crippen LogP contribution in [-0.4, -0.2) is 30.4 Å². The molecule has 0 radical (unpaired) electrons. The van der Waals surface area contributed by atoms with Crippen molar-refractivity contribution >= 4 is 5.69 Å². The third-order valence-electron chi connectivity index (χ3n) is 3.67. The molecule has 1 saturated heterocycles. The molecule has 100 valence electrons. The van der Waals surface area contributed by atoms with Gasteiger partial charge in [-0.05, 0) is 39.3 Å². The summed E-state index contributed by atoms with van der Waals surface area (Å²) in [4.78, 5) is 2.36. The molecule has 0 saturated carbocycles. The molecule has 1 fully saturated rings. The number of ether oxygens (including phenoxy) is 1. The molecule has 1 N–H and O–H groups in total. The molecule has 2 rings (SSSR count). The van der Waals surface area contributed by atoms with Gasteiger partial charge in [0.15, 0.2) is 0 Å². The number of benzene rings is 1. The maximum atomic E-state index is 9.38. The molecule has 3 heteroatoms. The van der Waals surface area contributed by atoms with E-state index in [-0.39, 0.29) is 12.1 Å². The van der Waals surface area contributed by atoms with Crippen molar-refractivity contribution in [3.8, 4) is 5.75 Å². The Morgan fingerprint density at radius 1 is 1.39 bits per heavy atom. The average molecular weight is 249 g/mol. The second-order valence-corrected chi connectivity index (χ2v) is 5.58. The van der Waals surface area contributed by atoms with Crippen LogP contribution in [0.25, 0.3) is 0 Å². The second kappa shape index (κ2) is 5.19. The fraction of sp³-hybridized carbons (Fsp3) is 0.600. The molecular formula is C15H23NO2. The third-order valence-corrected chi connectivity index (χ3v) is 3.67. The first-order valence-electron chi connectivity index (χ1n) is 6.69. The van der Waals surface area contributed by atoms with Crippen molar-refractivity contribution in [2.45, 2.75) is 32.7 Å². The zero-order valence-electron chi connectivity index (χ0n) is 11.5. The van der Waals surface area contributed by atoms with Gasteiger partial charge < -0.3 is 14.7 Å². The largest absolute Gasteiger partial charge is 0.492 e. The smallest absolute Gasteiger partial charge is 0.142 e. The number of anilines is 1. The van der Waals surface area contributed by atoms with E-state index in [0.717, 1.165) is 24.4 Å². The first-order chi connectivity index (χ1) is 8.58. The fourth-order valence-electron chi connectivity index (χ4n) is 2.89. The Labute approximate surface area is 109 Å². The van der Waals surface area contributed by atoms with Crippen LogP contribution in [0.4, 0.5) is 5.69 Å². The summed E-state index contributed by atoms with van der Waals surface area (Å²) in [5.74, 6) is 1.29. The van der Waals surface area contributed by atoms with Crippen molar-refractivity contribution in [1.82, 2.24) is 0 Å². The minimum atomic E-state index is 0.0700. The van der Waals surface area contributed by atoms with E-state index in [9.17, 15) is 5.11 Å². The van der Waals surface area contributed by atoms with Crippen LogP contribution in [0, 0.1) is 5.92 Å². The summed E-state index contributed by atoms with van der Waals surface area (Å²) in [6, 6.07) is 8.16. The van der Waals surface area contributed by atoms with E-state index in [1.54, 1.807) is 0 Å². The van der Waals surface area contributed by atoms with Gasteiger partial charge in [0.2, 0.25) is 0 Å². The summed E-state index contributed by atoms with van der Waals surface area (Å²) in [6.07, 6.45) is 1.02. The summed E-state index contributed by atoms with van der Waals surface area (Å²) in [6.45, 7) is 8.29. The van der Waals surface area contributed by atoms with Crippen LogP contribution < -0.4 is 9.64 Å². The lowest BCUT2D eigenvalue weighted by molar-refractivity contribution is 0.232. The lowest BCUT2D eigenvalue weighted by atomic mass is 9.97. The predicted octanol–water partition coefficient (Wildman–Crippen LogP) is 2.68. The van der Waals surface area contributed by atoms with E-state index >= 15 is 0 Å². The lowest BCUT2D eigenvalue weighted by Gasteiger charge is -2.34. The number of rotatable bonds is 4. The van der Waals surface area contributed by atoms with Gasteiger partial charge in [0, 0.05) is 24.6 Å². The van der Waals surface area contributed by atoms with Crippen LogP contribution >= 0.6 is 0 Å². The van der Waals surface area contributed by atoms with Gasteiger partial charge >= 0.3 is 0 Å². The molecule has 1 aliphatic rings. The highest BCUT2D eigenvalue weighted by atomic mass is 16.5. The maximum Gasteiger partial charge on any atom is 0.142 e. The summed E-state index contributed by atoms with van der Waals surface area (Å²) in [5.41, 5.74) is 1.21. The quantitative estimate of drug-likeness (QED) is 0.890. The standard InChI is InChI=1S/C15H23NO2/c1-4-18-14-8-6-5-7-13(14)16-10-12(11-17)9-15(16,2)3/h5-8,12,17H,4,9-11H2,1-3H3. The van der Waals surface area contributed by atoms with Gasteiger partial charge in [0.25, 0.3) is 0 Å². The van der Waals surface area contributed by atoms with E-state index in [1.165, 1.54) is 0 Å². The summed E-state index contributed by atoms with van der Waals surface area (Å²) in [5, 5.41) is 9.38. The highest BCUT2D eigenvalue weighted by molar-refractivity contribution is 5.60. The summed E-state index contributed by atoms with van der Waals surface area (Å²) >= 11 is 0. The topological polar surface area (TPSA) is 32.7 Å². The molecule has 0 aliphatic carbocycles. The number of hydrogen-bond donors (Lipinski definition) is 1. The summed E-state index contributed by atoms with van der Waals surface area (Å²) < 4.78 is 5.71. The van der Waals surface area contributed by atoms with E-state index in [2.05, 4.69) is 24.8 Å². The second-order valence-electron chi connectivity index (χ2n) is 5.58. The van der Waals surface area contributed by atoms with Crippen molar-refractivity contribution in [3.05, 3.63) is 24.3 Å². The average Bonchev–Trinajstić information content (AvgIpc) is 2.66. The van der Waals surface area contributed by atoms with Crippen LogP contribution in [0.3, 0.4) is 0 Å². The number of aliphatic hydroxyl groups excluding tert-OH is 1. The predicted molar refractivity (Wildman–Crippen MR) is 74.2 cm³/mol. The molecule has 0 bridgehead atoms. The van der Waals surface area contributed by atoms with E-state index in [0.29, 0.717) is 12.5 Å².